The van der Waals surface area contributed by atoms with Crippen LogP contribution in [0.5, 0.6) is 0 Å². The Morgan fingerprint density at radius 1 is 1.42 bits per heavy atom. The van der Waals surface area contributed by atoms with E-state index in [1.807, 2.05) is 13.0 Å². The minimum absolute atomic E-state index is 0.403. The second-order valence-electron chi connectivity index (χ2n) is 5.30. The number of thiocarbonyl (C=S) groups is 1. The summed E-state index contributed by atoms with van der Waals surface area (Å²) in [5.74, 6) is 0.647. The Bertz CT molecular complexity index is 455. The summed E-state index contributed by atoms with van der Waals surface area (Å²) in [4.78, 5) is 0.449. The number of nitrogens with two attached hydrogens (primary N) is 1. The third kappa shape index (κ3) is 3.67. The van der Waals surface area contributed by atoms with Gasteiger partial charge in [0.25, 0.3) is 0 Å². The molecule has 19 heavy (non-hydrogen) atoms. The van der Waals surface area contributed by atoms with Crippen molar-refractivity contribution in [2.24, 2.45) is 11.7 Å². The van der Waals surface area contributed by atoms with E-state index in [1.165, 1.54) is 5.56 Å². The topological polar surface area (TPSA) is 47.3 Å². The molecule has 1 fully saturated rings. The van der Waals surface area contributed by atoms with Crippen LogP contribution in [-0.2, 0) is 4.74 Å². The summed E-state index contributed by atoms with van der Waals surface area (Å²) in [6.45, 7) is 6.01. The van der Waals surface area contributed by atoms with E-state index in [2.05, 4.69) is 24.4 Å². The Hall–Kier alpha value is -1.13. The maximum atomic E-state index is 5.81. The summed E-state index contributed by atoms with van der Waals surface area (Å²) in [5, 5.41) is 3.57. The number of nitrogens with one attached hydrogen (secondary N) is 1. The Morgan fingerprint density at radius 3 is 2.74 bits per heavy atom. The van der Waals surface area contributed by atoms with Crippen molar-refractivity contribution in [3.8, 4) is 0 Å². The smallest absolute Gasteiger partial charge is 0.106 e. The highest BCUT2D eigenvalue weighted by Gasteiger charge is 2.21. The van der Waals surface area contributed by atoms with E-state index in [0.29, 0.717) is 16.9 Å². The molecular formula is C15H22N2OS. The maximum Gasteiger partial charge on any atom is 0.106 e. The van der Waals surface area contributed by atoms with Gasteiger partial charge in [-0.25, -0.2) is 0 Å². The van der Waals surface area contributed by atoms with Crippen LogP contribution in [0.25, 0.3) is 0 Å². The molecule has 4 heteroatoms. The Morgan fingerprint density at radius 2 is 2.11 bits per heavy atom. The normalized spacial score (nSPS) is 18.0. The van der Waals surface area contributed by atoms with Crippen LogP contribution in [0.2, 0.25) is 0 Å². The lowest BCUT2D eigenvalue weighted by molar-refractivity contribution is 0.0622. The molecule has 1 atom stereocenters. The number of hydrogen-bond acceptors (Lipinski definition) is 3. The van der Waals surface area contributed by atoms with Gasteiger partial charge in [-0.1, -0.05) is 23.8 Å². The standard InChI is InChI=1S/C15H22N2OS/c1-10-3-4-14(13(9-10)15(16)19)17-11(2)12-5-7-18-8-6-12/h3-4,9,11-12,17H,5-8H2,1-2H3,(H2,16,19). The predicted octanol–water partition coefficient (Wildman–Crippen LogP) is 2.86. The average Bonchev–Trinajstić information content (AvgIpc) is 2.41. The molecule has 1 saturated heterocycles. The number of aryl methyl sites for hydroxylation is 1. The monoisotopic (exact) mass is 278 g/mol. The van der Waals surface area contributed by atoms with E-state index in [4.69, 9.17) is 22.7 Å². The number of benzene rings is 1. The molecular weight excluding hydrogens is 256 g/mol. The number of ether oxygens (including phenoxy) is 1. The molecule has 1 heterocycles. The summed E-state index contributed by atoms with van der Waals surface area (Å²) >= 11 is 5.14. The summed E-state index contributed by atoms with van der Waals surface area (Å²) in [7, 11) is 0. The molecule has 0 saturated carbocycles. The Labute approximate surface area is 120 Å². The molecule has 0 bridgehead atoms. The molecule has 1 unspecified atom stereocenters. The zero-order chi connectivity index (χ0) is 13.8. The zero-order valence-electron chi connectivity index (χ0n) is 11.6. The SMILES string of the molecule is Cc1ccc(NC(C)C2CCOCC2)c(C(N)=S)c1. The largest absolute Gasteiger partial charge is 0.389 e. The van der Waals surface area contributed by atoms with Gasteiger partial charge in [0.15, 0.2) is 0 Å². The van der Waals surface area contributed by atoms with Crippen molar-refractivity contribution in [1.82, 2.24) is 0 Å². The molecule has 1 aromatic carbocycles. The van der Waals surface area contributed by atoms with Crippen LogP contribution in [0.15, 0.2) is 18.2 Å². The highest BCUT2D eigenvalue weighted by atomic mass is 32.1. The molecule has 104 valence electrons. The molecule has 1 aliphatic heterocycles. The maximum absolute atomic E-state index is 5.81. The van der Waals surface area contributed by atoms with Gasteiger partial charge < -0.3 is 15.8 Å². The van der Waals surface area contributed by atoms with E-state index in [9.17, 15) is 0 Å². The predicted molar refractivity (Wildman–Crippen MR) is 83.7 cm³/mol. The number of hydrogen-bond donors (Lipinski definition) is 2. The van der Waals surface area contributed by atoms with Gasteiger partial charge in [-0.15, -0.1) is 0 Å². The lowest BCUT2D eigenvalue weighted by Gasteiger charge is -2.29. The van der Waals surface area contributed by atoms with Crippen LogP contribution in [0.3, 0.4) is 0 Å². The van der Waals surface area contributed by atoms with Crippen molar-refractivity contribution in [3.05, 3.63) is 29.3 Å². The highest BCUT2D eigenvalue weighted by molar-refractivity contribution is 7.80. The third-order valence-corrected chi connectivity index (χ3v) is 4.02. The van der Waals surface area contributed by atoms with Crippen molar-refractivity contribution in [3.63, 3.8) is 0 Å². The summed E-state index contributed by atoms with van der Waals surface area (Å²) in [6, 6.07) is 6.60. The molecule has 0 amide bonds. The van der Waals surface area contributed by atoms with E-state index in [-0.39, 0.29) is 0 Å². The van der Waals surface area contributed by atoms with Crippen molar-refractivity contribution in [2.45, 2.75) is 32.7 Å². The molecule has 0 radical (unpaired) electrons. The summed E-state index contributed by atoms with van der Waals surface area (Å²) in [5.41, 5.74) is 8.96. The second kappa shape index (κ2) is 6.35. The van der Waals surface area contributed by atoms with Gasteiger partial charge in [-0.2, -0.15) is 0 Å². The molecule has 3 N–H and O–H groups in total. The fourth-order valence-electron chi connectivity index (χ4n) is 2.57. The molecule has 1 aliphatic rings. The van der Waals surface area contributed by atoms with Crippen molar-refractivity contribution >= 4 is 22.9 Å². The van der Waals surface area contributed by atoms with Crippen LogP contribution in [0.1, 0.15) is 30.9 Å². The van der Waals surface area contributed by atoms with Gasteiger partial charge in [0.05, 0.1) is 0 Å². The van der Waals surface area contributed by atoms with Crippen LogP contribution >= 0.6 is 12.2 Å². The molecule has 1 aromatic rings. The molecule has 0 spiro atoms. The summed E-state index contributed by atoms with van der Waals surface area (Å²) < 4.78 is 5.41. The van der Waals surface area contributed by atoms with E-state index < -0.39 is 0 Å². The zero-order valence-corrected chi connectivity index (χ0v) is 12.4. The minimum atomic E-state index is 0.403. The first-order valence-electron chi connectivity index (χ1n) is 6.82. The first-order valence-corrected chi connectivity index (χ1v) is 7.23. The molecule has 2 rings (SSSR count). The van der Waals surface area contributed by atoms with Gasteiger partial charge in [-0.3, -0.25) is 0 Å². The second-order valence-corrected chi connectivity index (χ2v) is 5.74. The third-order valence-electron chi connectivity index (χ3n) is 3.80. The molecule has 3 nitrogen and oxygen atoms in total. The Kier molecular flexibility index (Phi) is 4.77. The van der Waals surface area contributed by atoms with Crippen molar-refractivity contribution in [1.29, 1.82) is 0 Å². The molecule has 0 aromatic heterocycles. The van der Waals surface area contributed by atoms with Crippen LogP contribution in [0.4, 0.5) is 5.69 Å². The van der Waals surface area contributed by atoms with E-state index >= 15 is 0 Å². The number of anilines is 1. The average molecular weight is 278 g/mol. The lowest BCUT2D eigenvalue weighted by Crippen LogP contribution is -2.31. The van der Waals surface area contributed by atoms with Crippen molar-refractivity contribution in [2.75, 3.05) is 18.5 Å². The van der Waals surface area contributed by atoms with Gasteiger partial charge in [0.2, 0.25) is 0 Å². The molecule has 0 aliphatic carbocycles. The van der Waals surface area contributed by atoms with Gasteiger partial charge in [0, 0.05) is 30.5 Å². The van der Waals surface area contributed by atoms with E-state index in [0.717, 1.165) is 37.3 Å². The number of rotatable bonds is 4. The van der Waals surface area contributed by atoms with Gasteiger partial charge >= 0.3 is 0 Å². The quantitative estimate of drug-likeness (QED) is 0.831. The van der Waals surface area contributed by atoms with Crippen molar-refractivity contribution < 1.29 is 4.74 Å². The highest BCUT2D eigenvalue weighted by Crippen LogP contribution is 2.24. The summed E-state index contributed by atoms with van der Waals surface area (Å²) in [6.07, 6.45) is 2.23. The van der Waals surface area contributed by atoms with E-state index in [1.54, 1.807) is 0 Å². The Balaban J connectivity index is 2.11. The fraction of sp³-hybridized carbons (Fsp3) is 0.533. The first-order chi connectivity index (χ1) is 9.08. The van der Waals surface area contributed by atoms with Crippen LogP contribution < -0.4 is 11.1 Å². The van der Waals surface area contributed by atoms with Crippen LogP contribution in [-0.4, -0.2) is 24.2 Å². The fourth-order valence-corrected chi connectivity index (χ4v) is 2.74. The lowest BCUT2D eigenvalue weighted by atomic mass is 9.92. The first kappa shape index (κ1) is 14.3. The van der Waals surface area contributed by atoms with Crippen LogP contribution in [0, 0.1) is 12.8 Å². The minimum Gasteiger partial charge on any atom is -0.389 e. The van der Waals surface area contributed by atoms with Gasteiger partial charge in [0.1, 0.15) is 4.99 Å². The van der Waals surface area contributed by atoms with Gasteiger partial charge in [-0.05, 0) is 44.7 Å².